The van der Waals surface area contributed by atoms with Crippen LogP contribution in [0.5, 0.6) is 5.75 Å². The van der Waals surface area contributed by atoms with Gasteiger partial charge in [-0.1, -0.05) is 12.1 Å². The molecule has 0 spiro atoms. The van der Waals surface area contributed by atoms with Gasteiger partial charge in [-0.3, -0.25) is 0 Å². The minimum absolute atomic E-state index is 0.0993. The molecular weight excluding hydrogens is 277 g/mol. The Morgan fingerprint density at radius 2 is 2.31 bits per heavy atom. The zero-order valence-electron chi connectivity index (χ0n) is 7.46. The topological polar surface area (TPSA) is 35.2 Å². The Labute approximate surface area is 91.9 Å². The van der Waals surface area contributed by atoms with E-state index < -0.39 is 0 Å². The van der Waals surface area contributed by atoms with Crippen LogP contribution in [-0.4, -0.2) is 7.11 Å². The molecule has 0 fully saturated rings. The van der Waals surface area contributed by atoms with Crippen molar-refractivity contribution >= 4 is 22.6 Å². The first-order valence-electron chi connectivity index (χ1n) is 3.90. The zero-order chi connectivity index (χ0) is 9.84. The van der Waals surface area contributed by atoms with E-state index in [0.29, 0.717) is 0 Å². The fraction of sp³-hybridized carbons (Fsp3) is 0.200. The van der Waals surface area contributed by atoms with Crippen molar-refractivity contribution in [3.05, 3.63) is 40.0 Å². The van der Waals surface area contributed by atoms with E-state index in [2.05, 4.69) is 29.2 Å². The molecule has 0 heterocycles. The predicted molar refractivity (Wildman–Crippen MR) is 62.8 cm³/mol. The van der Waals surface area contributed by atoms with Crippen molar-refractivity contribution in [2.45, 2.75) is 6.04 Å². The van der Waals surface area contributed by atoms with Crippen molar-refractivity contribution in [1.82, 2.24) is 0 Å². The Kier molecular flexibility index (Phi) is 3.74. The van der Waals surface area contributed by atoms with Crippen LogP contribution < -0.4 is 10.5 Å². The highest BCUT2D eigenvalue weighted by Crippen LogP contribution is 2.23. The average molecular weight is 289 g/mol. The Balaban J connectivity index is 3.04. The largest absolute Gasteiger partial charge is 0.497 e. The summed E-state index contributed by atoms with van der Waals surface area (Å²) in [5, 5.41) is 0. The van der Waals surface area contributed by atoms with Gasteiger partial charge in [-0.05, 0) is 40.3 Å². The summed E-state index contributed by atoms with van der Waals surface area (Å²) in [6.07, 6.45) is 1.73. The minimum atomic E-state index is -0.0993. The van der Waals surface area contributed by atoms with Crippen LogP contribution in [-0.2, 0) is 0 Å². The monoisotopic (exact) mass is 289 g/mol. The van der Waals surface area contributed by atoms with Crippen LogP contribution in [0.3, 0.4) is 0 Å². The van der Waals surface area contributed by atoms with Gasteiger partial charge in [0.15, 0.2) is 0 Å². The van der Waals surface area contributed by atoms with Crippen molar-refractivity contribution in [3.8, 4) is 5.75 Å². The van der Waals surface area contributed by atoms with E-state index in [9.17, 15) is 0 Å². The molecule has 0 saturated carbocycles. The number of benzene rings is 1. The lowest BCUT2D eigenvalue weighted by Gasteiger charge is -2.10. The maximum absolute atomic E-state index is 5.82. The standard InChI is InChI=1S/C10H12INO/c1-3-10(12)8-5-4-7(13-2)6-9(8)11/h3-6,10H,1,12H2,2H3/t10-/m0/s1. The molecule has 2 N–H and O–H groups in total. The number of ether oxygens (including phenoxy) is 1. The molecule has 0 saturated heterocycles. The Morgan fingerprint density at radius 1 is 1.62 bits per heavy atom. The second-order valence-electron chi connectivity index (χ2n) is 2.65. The second kappa shape index (κ2) is 4.62. The van der Waals surface area contributed by atoms with E-state index in [4.69, 9.17) is 10.5 Å². The van der Waals surface area contributed by atoms with E-state index in [1.165, 1.54) is 0 Å². The summed E-state index contributed by atoms with van der Waals surface area (Å²) in [7, 11) is 1.65. The number of hydrogen-bond acceptors (Lipinski definition) is 2. The predicted octanol–water partition coefficient (Wildman–Crippen LogP) is 2.49. The summed E-state index contributed by atoms with van der Waals surface area (Å²) in [5.41, 5.74) is 6.90. The molecule has 1 aromatic rings. The molecule has 0 aromatic heterocycles. The molecule has 0 aliphatic rings. The van der Waals surface area contributed by atoms with Gasteiger partial charge in [-0.25, -0.2) is 0 Å². The summed E-state index contributed by atoms with van der Waals surface area (Å²) < 4.78 is 6.19. The molecular formula is C10H12INO. The third kappa shape index (κ3) is 2.45. The van der Waals surface area contributed by atoms with Crippen molar-refractivity contribution < 1.29 is 4.74 Å². The Morgan fingerprint density at radius 3 is 2.77 bits per heavy atom. The lowest BCUT2D eigenvalue weighted by Crippen LogP contribution is -2.08. The summed E-state index contributed by atoms with van der Waals surface area (Å²) in [6, 6.07) is 5.73. The first kappa shape index (κ1) is 10.5. The molecule has 0 aliphatic carbocycles. The molecule has 1 rings (SSSR count). The molecule has 0 radical (unpaired) electrons. The fourth-order valence-corrected chi connectivity index (χ4v) is 1.88. The van der Waals surface area contributed by atoms with E-state index in [0.717, 1.165) is 14.9 Å². The van der Waals surface area contributed by atoms with Crippen LogP contribution in [0, 0.1) is 3.57 Å². The van der Waals surface area contributed by atoms with Crippen LogP contribution in [0.1, 0.15) is 11.6 Å². The molecule has 3 heteroatoms. The molecule has 1 atom stereocenters. The van der Waals surface area contributed by atoms with Crippen molar-refractivity contribution in [3.63, 3.8) is 0 Å². The van der Waals surface area contributed by atoms with Crippen LogP contribution in [0.2, 0.25) is 0 Å². The van der Waals surface area contributed by atoms with Gasteiger partial charge < -0.3 is 10.5 Å². The quantitative estimate of drug-likeness (QED) is 0.685. The van der Waals surface area contributed by atoms with E-state index in [1.54, 1.807) is 13.2 Å². The molecule has 0 amide bonds. The van der Waals surface area contributed by atoms with Crippen molar-refractivity contribution in [2.75, 3.05) is 7.11 Å². The smallest absolute Gasteiger partial charge is 0.119 e. The number of methoxy groups -OCH3 is 1. The summed E-state index contributed by atoms with van der Waals surface area (Å²) in [6.45, 7) is 3.66. The minimum Gasteiger partial charge on any atom is -0.497 e. The van der Waals surface area contributed by atoms with Crippen LogP contribution in [0.15, 0.2) is 30.9 Å². The number of nitrogens with two attached hydrogens (primary N) is 1. The van der Waals surface area contributed by atoms with Gasteiger partial charge in [-0.2, -0.15) is 0 Å². The SMILES string of the molecule is C=C[C@H](N)c1ccc(OC)cc1I. The van der Waals surface area contributed by atoms with E-state index in [1.807, 2.05) is 18.2 Å². The molecule has 0 unspecified atom stereocenters. The molecule has 0 bridgehead atoms. The summed E-state index contributed by atoms with van der Waals surface area (Å²) in [4.78, 5) is 0. The lowest BCUT2D eigenvalue weighted by atomic mass is 10.1. The first-order valence-corrected chi connectivity index (χ1v) is 4.98. The van der Waals surface area contributed by atoms with Gasteiger partial charge in [-0.15, -0.1) is 6.58 Å². The van der Waals surface area contributed by atoms with Gasteiger partial charge >= 0.3 is 0 Å². The Bertz CT molecular complexity index is 312. The number of rotatable bonds is 3. The van der Waals surface area contributed by atoms with Gasteiger partial charge in [0.25, 0.3) is 0 Å². The van der Waals surface area contributed by atoms with E-state index >= 15 is 0 Å². The highest BCUT2D eigenvalue weighted by atomic mass is 127. The molecule has 1 aromatic carbocycles. The third-order valence-electron chi connectivity index (χ3n) is 1.82. The third-order valence-corrected chi connectivity index (χ3v) is 2.75. The first-order chi connectivity index (χ1) is 6.19. The maximum Gasteiger partial charge on any atom is 0.119 e. The number of halogens is 1. The second-order valence-corrected chi connectivity index (χ2v) is 3.81. The molecule has 0 aliphatic heterocycles. The average Bonchev–Trinajstić information content (AvgIpc) is 2.16. The number of hydrogen-bond donors (Lipinski definition) is 1. The maximum atomic E-state index is 5.82. The van der Waals surface area contributed by atoms with Gasteiger partial charge in [0.05, 0.1) is 7.11 Å². The highest BCUT2D eigenvalue weighted by Gasteiger charge is 2.06. The summed E-state index contributed by atoms with van der Waals surface area (Å²) >= 11 is 2.24. The Hall–Kier alpha value is -0.550. The lowest BCUT2D eigenvalue weighted by molar-refractivity contribution is 0.414. The normalized spacial score (nSPS) is 12.2. The molecule has 2 nitrogen and oxygen atoms in total. The highest BCUT2D eigenvalue weighted by molar-refractivity contribution is 14.1. The fourth-order valence-electron chi connectivity index (χ4n) is 1.03. The molecule has 13 heavy (non-hydrogen) atoms. The van der Waals surface area contributed by atoms with Gasteiger partial charge in [0.1, 0.15) is 5.75 Å². The van der Waals surface area contributed by atoms with Crippen molar-refractivity contribution in [2.24, 2.45) is 5.73 Å². The van der Waals surface area contributed by atoms with Crippen LogP contribution in [0.25, 0.3) is 0 Å². The van der Waals surface area contributed by atoms with Crippen LogP contribution in [0.4, 0.5) is 0 Å². The molecule has 70 valence electrons. The van der Waals surface area contributed by atoms with E-state index in [-0.39, 0.29) is 6.04 Å². The van der Waals surface area contributed by atoms with Gasteiger partial charge in [0.2, 0.25) is 0 Å². The van der Waals surface area contributed by atoms with Crippen molar-refractivity contribution in [1.29, 1.82) is 0 Å². The zero-order valence-corrected chi connectivity index (χ0v) is 9.61. The summed E-state index contributed by atoms with van der Waals surface area (Å²) in [5.74, 6) is 0.851. The van der Waals surface area contributed by atoms with Gasteiger partial charge in [0, 0.05) is 9.61 Å². The van der Waals surface area contributed by atoms with Crippen LogP contribution >= 0.6 is 22.6 Å².